The number of nitrogens with zero attached hydrogens (tertiary/aromatic N) is 2. The molecule has 4 nitrogen and oxygen atoms in total. The third-order valence-corrected chi connectivity index (χ3v) is 5.21. The van der Waals surface area contributed by atoms with E-state index in [1.165, 1.54) is 18.2 Å². The predicted octanol–water partition coefficient (Wildman–Crippen LogP) is 4.22. The van der Waals surface area contributed by atoms with E-state index in [1.807, 2.05) is 0 Å². The first-order valence-corrected chi connectivity index (χ1v) is 9.33. The van der Waals surface area contributed by atoms with Crippen molar-refractivity contribution < 1.29 is 18.3 Å². The summed E-state index contributed by atoms with van der Waals surface area (Å²) in [6, 6.07) is 5.84. The van der Waals surface area contributed by atoms with E-state index >= 15 is 0 Å². The van der Waals surface area contributed by atoms with Crippen LogP contribution in [0, 0.1) is 17.6 Å². The van der Waals surface area contributed by atoms with Gasteiger partial charge >= 0.3 is 0 Å². The van der Waals surface area contributed by atoms with Crippen molar-refractivity contribution in [1.82, 2.24) is 9.88 Å². The molecule has 2 aromatic rings. The van der Waals surface area contributed by atoms with Crippen LogP contribution in [0.1, 0.15) is 30.5 Å². The average molecular weight is 376 g/mol. The van der Waals surface area contributed by atoms with Crippen molar-refractivity contribution in [2.24, 2.45) is 5.92 Å². The fraction of sp³-hybridized carbons (Fsp3) is 0.476. The highest BCUT2D eigenvalue weighted by molar-refractivity contribution is 5.42. The van der Waals surface area contributed by atoms with Crippen LogP contribution in [0.25, 0.3) is 0 Å². The number of pyridine rings is 1. The molecule has 1 saturated heterocycles. The van der Waals surface area contributed by atoms with Crippen LogP contribution in [0.5, 0.6) is 11.5 Å². The van der Waals surface area contributed by atoms with Crippen molar-refractivity contribution in [2.75, 3.05) is 27.3 Å². The Morgan fingerprint density at radius 1 is 1.15 bits per heavy atom. The summed E-state index contributed by atoms with van der Waals surface area (Å²) in [7, 11) is 3.23. The van der Waals surface area contributed by atoms with Crippen LogP contribution in [0.2, 0.25) is 0 Å². The van der Waals surface area contributed by atoms with Gasteiger partial charge in [-0.1, -0.05) is 6.07 Å². The lowest BCUT2D eigenvalue weighted by Gasteiger charge is -2.33. The predicted molar refractivity (Wildman–Crippen MR) is 100 cm³/mol. The topological polar surface area (TPSA) is 34.6 Å². The Morgan fingerprint density at radius 2 is 1.93 bits per heavy atom. The van der Waals surface area contributed by atoms with Gasteiger partial charge in [-0.05, 0) is 50.3 Å². The van der Waals surface area contributed by atoms with Crippen LogP contribution in [0.3, 0.4) is 0 Å². The van der Waals surface area contributed by atoms with E-state index in [0.717, 1.165) is 38.0 Å². The summed E-state index contributed by atoms with van der Waals surface area (Å²) in [5, 5.41) is 0. The SMILES string of the molecule is COc1ccnc(CN2CCC[C@H](CCc3c(F)cccc3F)C2)c1OC. The summed E-state index contributed by atoms with van der Waals surface area (Å²) in [5.74, 6) is 0.844. The molecule has 0 amide bonds. The summed E-state index contributed by atoms with van der Waals surface area (Å²) in [6.45, 7) is 2.54. The maximum atomic E-state index is 13.8. The molecule has 0 saturated carbocycles. The van der Waals surface area contributed by atoms with Gasteiger partial charge in [0.15, 0.2) is 11.5 Å². The minimum atomic E-state index is -0.451. The molecule has 0 N–H and O–H groups in total. The van der Waals surface area contributed by atoms with Gasteiger partial charge in [0.1, 0.15) is 17.3 Å². The van der Waals surface area contributed by atoms with Crippen LogP contribution in [-0.2, 0) is 13.0 Å². The summed E-state index contributed by atoms with van der Waals surface area (Å²) < 4.78 is 38.5. The largest absolute Gasteiger partial charge is 0.493 e. The maximum absolute atomic E-state index is 13.8. The first-order valence-electron chi connectivity index (χ1n) is 9.33. The quantitative estimate of drug-likeness (QED) is 0.725. The van der Waals surface area contributed by atoms with Gasteiger partial charge in [0.05, 0.1) is 14.2 Å². The number of likely N-dealkylation sites (tertiary alicyclic amines) is 1. The fourth-order valence-electron chi connectivity index (χ4n) is 3.83. The van der Waals surface area contributed by atoms with Crippen molar-refractivity contribution in [3.8, 4) is 11.5 Å². The molecule has 0 radical (unpaired) electrons. The molecular formula is C21H26F2N2O2. The van der Waals surface area contributed by atoms with Gasteiger partial charge < -0.3 is 9.47 Å². The summed E-state index contributed by atoms with van der Waals surface area (Å²) >= 11 is 0. The number of halogens is 2. The number of piperidine rings is 1. The van der Waals surface area contributed by atoms with Gasteiger partial charge in [0.2, 0.25) is 0 Å². The Kier molecular flexibility index (Phi) is 6.61. The lowest BCUT2D eigenvalue weighted by Crippen LogP contribution is -2.35. The van der Waals surface area contributed by atoms with E-state index in [9.17, 15) is 8.78 Å². The molecule has 27 heavy (non-hydrogen) atoms. The van der Waals surface area contributed by atoms with E-state index in [1.54, 1.807) is 26.5 Å². The third-order valence-electron chi connectivity index (χ3n) is 5.21. The van der Waals surface area contributed by atoms with Gasteiger partial charge in [0, 0.05) is 30.9 Å². The van der Waals surface area contributed by atoms with Crippen molar-refractivity contribution >= 4 is 0 Å². The Bertz CT molecular complexity index is 750. The van der Waals surface area contributed by atoms with E-state index in [4.69, 9.17) is 9.47 Å². The van der Waals surface area contributed by atoms with Gasteiger partial charge in [0.25, 0.3) is 0 Å². The number of ether oxygens (including phenoxy) is 2. The van der Waals surface area contributed by atoms with Crippen LogP contribution in [-0.4, -0.2) is 37.2 Å². The Morgan fingerprint density at radius 3 is 2.63 bits per heavy atom. The molecule has 0 aliphatic carbocycles. The molecule has 1 aliphatic rings. The molecule has 1 aromatic carbocycles. The Labute approximate surface area is 159 Å². The molecule has 1 fully saturated rings. The number of hydrogen-bond donors (Lipinski definition) is 0. The van der Waals surface area contributed by atoms with Crippen molar-refractivity contribution in [2.45, 2.75) is 32.2 Å². The molecule has 6 heteroatoms. The molecule has 0 spiro atoms. The molecule has 1 aromatic heterocycles. The van der Waals surface area contributed by atoms with Gasteiger partial charge in [-0.25, -0.2) is 8.78 Å². The molecule has 146 valence electrons. The lowest BCUT2D eigenvalue weighted by molar-refractivity contribution is 0.158. The van der Waals surface area contributed by atoms with Crippen LogP contribution < -0.4 is 9.47 Å². The minimum Gasteiger partial charge on any atom is -0.493 e. The number of rotatable bonds is 7. The van der Waals surface area contributed by atoms with Crippen LogP contribution >= 0.6 is 0 Å². The van der Waals surface area contributed by atoms with E-state index in [2.05, 4.69) is 9.88 Å². The highest BCUT2D eigenvalue weighted by Crippen LogP contribution is 2.31. The molecule has 3 rings (SSSR count). The molecule has 0 unspecified atom stereocenters. The standard InChI is InChI=1S/C21H26F2N2O2/c1-26-20-10-11-24-19(21(20)27-2)14-25-12-4-5-15(13-25)8-9-16-17(22)6-3-7-18(16)23/h3,6-7,10-11,15H,4-5,8-9,12-14H2,1-2H3/t15-/m1/s1. The van der Waals surface area contributed by atoms with Crippen LogP contribution in [0.15, 0.2) is 30.5 Å². The zero-order valence-corrected chi connectivity index (χ0v) is 15.9. The second-order valence-electron chi connectivity index (χ2n) is 6.98. The molecule has 0 bridgehead atoms. The maximum Gasteiger partial charge on any atom is 0.183 e. The summed E-state index contributed by atoms with van der Waals surface area (Å²) in [6.07, 6.45) is 5.07. The van der Waals surface area contributed by atoms with Gasteiger partial charge in [-0.2, -0.15) is 0 Å². The number of hydrogen-bond acceptors (Lipinski definition) is 4. The smallest absolute Gasteiger partial charge is 0.183 e. The molecule has 1 atom stereocenters. The molecule has 1 aliphatic heterocycles. The highest BCUT2D eigenvalue weighted by Gasteiger charge is 2.23. The van der Waals surface area contributed by atoms with Crippen molar-refractivity contribution in [3.63, 3.8) is 0 Å². The Balaban J connectivity index is 1.62. The van der Waals surface area contributed by atoms with E-state index < -0.39 is 11.6 Å². The average Bonchev–Trinajstić information content (AvgIpc) is 2.67. The lowest BCUT2D eigenvalue weighted by atomic mass is 9.91. The van der Waals surface area contributed by atoms with Crippen LogP contribution in [0.4, 0.5) is 8.78 Å². The van der Waals surface area contributed by atoms with E-state index in [-0.39, 0.29) is 5.56 Å². The zero-order valence-electron chi connectivity index (χ0n) is 15.9. The minimum absolute atomic E-state index is 0.200. The normalized spacial score (nSPS) is 17.7. The number of aromatic nitrogens is 1. The second kappa shape index (κ2) is 9.13. The molecular weight excluding hydrogens is 350 g/mol. The third kappa shape index (κ3) is 4.75. The van der Waals surface area contributed by atoms with E-state index in [0.29, 0.717) is 30.4 Å². The summed E-state index contributed by atoms with van der Waals surface area (Å²) in [5.41, 5.74) is 1.04. The van der Waals surface area contributed by atoms with Crippen molar-refractivity contribution in [1.29, 1.82) is 0 Å². The first kappa shape index (κ1) is 19.5. The Hall–Kier alpha value is -2.21. The summed E-state index contributed by atoms with van der Waals surface area (Å²) in [4.78, 5) is 6.78. The highest BCUT2D eigenvalue weighted by atomic mass is 19.1. The van der Waals surface area contributed by atoms with Gasteiger partial charge in [-0.15, -0.1) is 0 Å². The fourth-order valence-corrected chi connectivity index (χ4v) is 3.83. The zero-order chi connectivity index (χ0) is 19.2. The van der Waals surface area contributed by atoms with Gasteiger partial charge in [-0.3, -0.25) is 9.88 Å². The number of methoxy groups -OCH3 is 2. The second-order valence-corrected chi connectivity index (χ2v) is 6.98. The molecule has 2 heterocycles. The monoisotopic (exact) mass is 376 g/mol. The van der Waals surface area contributed by atoms with Crippen molar-refractivity contribution in [3.05, 3.63) is 53.4 Å². The number of benzene rings is 1. The first-order chi connectivity index (χ1) is 13.1.